The first-order valence-corrected chi connectivity index (χ1v) is 15.0. The van der Waals surface area contributed by atoms with Gasteiger partial charge in [0.05, 0.1) is 10.0 Å². The Kier molecular flexibility index (Phi) is 9.15. The van der Waals surface area contributed by atoms with Gasteiger partial charge in [0, 0.05) is 37.1 Å². The van der Waals surface area contributed by atoms with E-state index in [1.54, 1.807) is 17.8 Å². The molecular formula is C26H26ClFN6O6S2. The maximum Gasteiger partial charge on any atom is 0.333 e. The zero-order valence-corrected chi connectivity index (χ0v) is 24.9. The Hall–Kier alpha value is -4.05. The smallest absolute Gasteiger partial charge is 0.333 e. The van der Waals surface area contributed by atoms with Gasteiger partial charge in [-0.3, -0.25) is 14.4 Å². The first-order valence-electron chi connectivity index (χ1n) is 12.3. The van der Waals surface area contributed by atoms with Crippen LogP contribution in [0.2, 0.25) is 4.34 Å². The van der Waals surface area contributed by atoms with Crippen LogP contribution in [0.5, 0.6) is 0 Å². The fourth-order valence-corrected chi connectivity index (χ4v) is 6.55. The summed E-state index contributed by atoms with van der Waals surface area (Å²) in [6.07, 6.45) is 0. The van der Waals surface area contributed by atoms with Crippen LogP contribution in [0, 0.1) is 5.82 Å². The Balaban J connectivity index is 1.60. The number of urea groups is 1. The molecule has 1 aliphatic rings. The molecule has 3 aromatic rings. The number of likely N-dealkylation sites (N-methyl/N-ethyl adjacent to an activating group) is 1. The lowest BCUT2D eigenvalue weighted by Gasteiger charge is -2.32. The predicted molar refractivity (Wildman–Crippen MR) is 157 cm³/mol. The van der Waals surface area contributed by atoms with Gasteiger partial charge in [-0.2, -0.15) is 0 Å². The van der Waals surface area contributed by atoms with Gasteiger partial charge in [-0.25, -0.2) is 27.2 Å². The molecule has 1 unspecified atom stereocenters. The number of carbonyl (C=O) groups excluding carboxylic acids is 4. The third kappa shape index (κ3) is 6.54. The second-order valence-electron chi connectivity index (χ2n) is 9.34. The summed E-state index contributed by atoms with van der Waals surface area (Å²) in [4.78, 5) is 55.0. The molecule has 1 aromatic heterocycles. The molecule has 16 heteroatoms. The van der Waals surface area contributed by atoms with E-state index in [-0.39, 0.29) is 31.9 Å². The van der Waals surface area contributed by atoms with Crippen LogP contribution in [0.3, 0.4) is 0 Å². The molecule has 1 aliphatic heterocycles. The average molecular weight is 637 g/mol. The lowest BCUT2D eigenvalue weighted by atomic mass is 9.86. The average Bonchev–Trinajstić information content (AvgIpc) is 3.36. The van der Waals surface area contributed by atoms with E-state index in [0.717, 1.165) is 23.5 Å². The molecule has 1 atom stereocenters. The van der Waals surface area contributed by atoms with Gasteiger partial charge >= 0.3 is 6.03 Å². The minimum Gasteiger partial charge on any atom is -0.388 e. The third-order valence-electron chi connectivity index (χ3n) is 6.16. The minimum absolute atomic E-state index is 0.0428. The van der Waals surface area contributed by atoms with Gasteiger partial charge in [0.1, 0.15) is 15.9 Å². The van der Waals surface area contributed by atoms with Crippen molar-refractivity contribution in [2.24, 2.45) is 0 Å². The number of rotatable bonds is 9. The van der Waals surface area contributed by atoms with Crippen molar-refractivity contribution in [1.82, 2.24) is 14.9 Å². The number of amides is 5. The van der Waals surface area contributed by atoms with Crippen molar-refractivity contribution in [3.63, 3.8) is 0 Å². The Morgan fingerprint density at radius 1 is 1.07 bits per heavy atom. The topological polar surface area (TPSA) is 157 Å². The Bertz CT molecular complexity index is 1680. The largest absolute Gasteiger partial charge is 0.388 e. The molecule has 0 fully saturated rings. The van der Waals surface area contributed by atoms with Crippen LogP contribution in [0.15, 0.2) is 52.7 Å². The van der Waals surface area contributed by atoms with Crippen molar-refractivity contribution >= 4 is 73.8 Å². The molecule has 0 radical (unpaired) electrons. The fourth-order valence-electron chi connectivity index (χ4n) is 4.16. The predicted octanol–water partition coefficient (Wildman–Crippen LogP) is 3.04. The molecule has 0 saturated carbocycles. The van der Waals surface area contributed by atoms with Crippen molar-refractivity contribution < 1.29 is 32.0 Å². The maximum absolute atomic E-state index is 15.4. The van der Waals surface area contributed by atoms with Gasteiger partial charge in [0.15, 0.2) is 0 Å². The Labute approximate surface area is 249 Å². The normalized spacial score (nSPS) is 14.9. The number of benzene rings is 2. The molecule has 12 nitrogen and oxygen atoms in total. The monoisotopic (exact) mass is 636 g/mol. The highest BCUT2D eigenvalue weighted by atomic mass is 35.5. The van der Waals surface area contributed by atoms with Gasteiger partial charge in [0.25, 0.3) is 21.8 Å². The van der Waals surface area contributed by atoms with E-state index in [1.807, 2.05) is 19.0 Å². The van der Waals surface area contributed by atoms with Gasteiger partial charge < -0.3 is 20.9 Å². The van der Waals surface area contributed by atoms with E-state index in [1.165, 1.54) is 30.3 Å². The quantitative estimate of drug-likeness (QED) is 0.206. The Morgan fingerprint density at radius 2 is 1.79 bits per heavy atom. The summed E-state index contributed by atoms with van der Waals surface area (Å²) < 4.78 is 41.9. The molecule has 222 valence electrons. The number of fused-ring (bicyclic) bond motifs is 1. The van der Waals surface area contributed by atoms with Crippen LogP contribution in [0.4, 0.5) is 26.2 Å². The number of anilines is 3. The number of nitrogens with zero attached hydrogens (tertiary/aromatic N) is 2. The van der Waals surface area contributed by atoms with Crippen molar-refractivity contribution in [3.05, 3.63) is 69.8 Å². The summed E-state index contributed by atoms with van der Waals surface area (Å²) in [7, 11) is 1.04. The van der Waals surface area contributed by atoms with Crippen molar-refractivity contribution in [3.8, 4) is 0 Å². The summed E-state index contributed by atoms with van der Waals surface area (Å²) in [5, 5.41) is 7.79. The minimum atomic E-state index is -4.23. The highest BCUT2D eigenvalue weighted by molar-refractivity contribution is 7.92. The molecule has 4 N–H and O–H groups in total. The zero-order valence-electron chi connectivity index (χ0n) is 22.5. The highest BCUT2D eigenvalue weighted by Crippen LogP contribution is 2.36. The van der Waals surface area contributed by atoms with E-state index < -0.39 is 51.2 Å². The number of thiophene rings is 1. The molecule has 0 saturated heterocycles. The summed E-state index contributed by atoms with van der Waals surface area (Å²) in [6, 6.07) is 9.02. The first kappa shape index (κ1) is 30.9. The molecule has 5 amide bonds. The lowest BCUT2D eigenvalue weighted by Crippen LogP contribution is -2.50. The SMILES string of the molecule is CNc1ccc2c(c1)C(C(=O)NCCN(C)C)C(=O)N(c1ccc(NC(=O)NS(=O)(=O)c3ccc(Cl)s3)cc1F)C2=O. The van der Waals surface area contributed by atoms with Crippen LogP contribution in [-0.2, 0) is 19.6 Å². The number of hydrogen-bond donors (Lipinski definition) is 4. The zero-order chi connectivity index (χ0) is 30.8. The molecule has 0 bridgehead atoms. The van der Waals surface area contributed by atoms with E-state index in [4.69, 9.17) is 11.6 Å². The summed E-state index contributed by atoms with van der Waals surface area (Å²) >= 11 is 6.50. The van der Waals surface area contributed by atoms with E-state index in [0.29, 0.717) is 17.1 Å². The van der Waals surface area contributed by atoms with Gasteiger partial charge in [-0.05, 0) is 68.2 Å². The number of carbonyl (C=O) groups is 4. The van der Waals surface area contributed by atoms with Crippen LogP contribution >= 0.6 is 22.9 Å². The molecule has 2 aromatic carbocycles. The van der Waals surface area contributed by atoms with Gasteiger partial charge in [-0.1, -0.05) is 11.6 Å². The van der Waals surface area contributed by atoms with Crippen LogP contribution in [0.1, 0.15) is 21.8 Å². The highest BCUT2D eigenvalue weighted by Gasteiger charge is 2.44. The fraction of sp³-hybridized carbons (Fsp3) is 0.231. The number of halogens is 2. The maximum atomic E-state index is 15.4. The van der Waals surface area contributed by atoms with Crippen molar-refractivity contribution in [2.45, 2.75) is 10.1 Å². The Morgan fingerprint density at radius 3 is 2.40 bits per heavy atom. The third-order valence-corrected chi connectivity index (χ3v) is 9.21. The molecule has 2 heterocycles. The number of hydrogen-bond acceptors (Lipinski definition) is 9. The number of sulfonamides is 1. The number of imide groups is 1. The lowest BCUT2D eigenvalue weighted by molar-refractivity contribution is -0.130. The van der Waals surface area contributed by atoms with Crippen LogP contribution in [0.25, 0.3) is 0 Å². The molecule has 0 aliphatic carbocycles. The molecule has 4 rings (SSSR count). The van der Waals surface area contributed by atoms with Crippen LogP contribution in [-0.4, -0.2) is 71.3 Å². The second-order valence-corrected chi connectivity index (χ2v) is 13.0. The standard InChI is InChI=1S/C26H26ClFN6O6S2/c1-29-14-4-6-16-17(12-14)22(23(35)30-10-11-33(2)3)25(37)34(24(16)36)19-7-5-15(13-18(19)28)31-26(38)32-42(39,40)21-9-8-20(27)41-21/h4-9,12-13,22,29H,10-11H2,1-3H3,(H,30,35)(H2,31,32,38). The van der Waals surface area contributed by atoms with Gasteiger partial charge in [-0.15, -0.1) is 11.3 Å². The molecule has 0 spiro atoms. The van der Waals surface area contributed by atoms with E-state index in [9.17, 15) is 27.6 Å². The van der Waals surface area contributed by atoms with Crippen LogP contribution < -0.4 is 25.6 Å². The summed E-state index contributed by atoms with van der Waals surface area (Å²) in [6.45, 7) is 0.731. The number of nitrogens with one attached hydrogen (secondary N) is 4. The molecule has 42 heavy (non-hydrogen) atoms. The summed E-state index contributed by atoms with van der Waals surface area (Å²) in [5.41, 5.74) is 0.173. The first-order chi connectivity index (χ1) is 19.8. The van der Waals surface area contributed by atoms with E-state index in [2.05, 4.69) is 16.0 Å². The van der Waals surface area contributed by atoms with E-state index >= 15 is 4.39 Å². The second kappa shape index (κ2) is 12.4. The van der Waals surface area contributed by atoms with Crippen molar-refractivity contribution in [2.75, 3.05) is 49.8 Å². The van der Waals surface area contributed by atoms with Crippen molar-refractivity contribution in [1.29, 1.82) is 0 Å². The summed E-state index contributed by atoms with van der Waals surface area (Å²) in [5.74, 6) is -4.97. The van der Waals surface area contributed by atoms with Gasteiger partial charge in [0.2, 0.25) is 5.91 Å². The molecular weight excluding hydrogens is 611 g/mol.